The lowest BCUT2D eigenvalue weighted by molar-refractivity contribution is 0.358. The molecule has 1 aliphatic rings. The fraction of sp³-hybridized carbons (Fsp3) is 0.571. The van der Waals surface area contributed by atoms with Crippen LogP contribution in [0.2, 0.25) is 0 Å². The van der Waals surface area contributed by atoms with Crippen molar-refractivity contribution in [1.82, 2.24) is 20.1 Å². The predicted molar refractivity (Wildman–Crippen MR) is 87.0 cm³/mol. The van der Waals surface area contributed by atoms with Gasteiger partial charge in [-0.05, 0) is 28.8 Å². The SMILES string of the molecule is CNc1nc(N2CCCC2c2noc(C(C)C)n2)ncc1Br. The van der Waals surface area contributed by atoms with Crippen LogP contribution in [0.4, 0.5) is 11.8 Å². The van der Waals surface area contributed by atoms with E-state index in [0.29, 0.717) is 11.8 Å². The maximum absolute atomic E-state index is 5.34. The third-order valence-corrected chi connectivity index (χ3v) is 4.31. The maximum atomic E-state index is 5.34. The molecule has 118 valence electrons. The van der Waals surface area contributed by atoms with Gasteiger partial charge in [0.2, 0.25) is 11.8 Å². The topological polar surface area (TPSA) is 80.0 Å². The molecule has 0 bridgehead atoms. The first-order valence-electron chi connectivity index (χ1n) is 7.40. The molecule has 0 aromatic carbocycles. The van der Waals surface area contributed by atoms with Crippen LogP contribution in [0.3, 0.4) is 0 Å². The minimum absolute atomic E-state index is 0.0714. The molecule has 1 unspecified atom stereocenters. The Hall–Kier alpha value is -1.70. The summed E-state index contributed by atoms with van der Waals surface area (Å²) in [4.78, 5) is 15.7. The van der Waals surface area contributed by atoms with Gasteiger partial charge in [-0.2, -0.15) is 9.97 Å². The lowest BCUT2D eigenvalue weighted by Crippen LogP contribution is -2.25. The fourth-order valence-electron chi connectivity index (χ4n) is 2.56. The Labute approximate surface area is 137 Å². The molecule has 0 radical (unpaired) electrons. The van der Waals surface area contributed by atoms with Crippen LogP contribution >= 0.6 is 15.9 Å². The Morgan fingerprint density at radius 2 is 2.23 bits per heavy atom. The number of hydrogen-bond donors (Lipinski definition) is 1. The van der Waals surface area contributed by atoms with Gasteiger partial charge in [0, 0.05) is 25.7 Å². The number of rotatable bonds is 4. The first-order valence-corrected chi connectivity index (χ1v) is 8.20. The van der Waals surface area contributed by atoms with E-state index in [1.807, 2.05) is 20.9 Å². The van der Waals surface area contributed by atoms with Crippen molar-refractivity contribution in [3.8, 4) is 0 Å². The maximum Gasteiger partial charge on any atom is 0.229 e. The van der Waals surface area contributed by atoms with Crippen molar-refractivity contribution in [3.05, 3.63) is 22.4 Å². The third-order valence-electron chi connectivity index (χ3n) is 3.73. The van der Waals surface area contributed by atoms with Gasteiger partial charge < -0.3 is 14.7 Å². The van der Waals surface area contributed by atoms with Crippen molar-refractivity contribution >= 4 is 27.7 Å². The number of nitrogens with zero attached hydrogens (tertiary/aromatic N) is 5. The summed E-state index contributed by atoms with van der Waals surface area (Å²) >= 11 is 3.43. The Bertz CT molecular complexity index is 659. The van der Waals surface area contributed by atoms with Gasteiger partial charge in [-0.3, -0.25) is 0 Å². The predicted octanol–water partition coefficient (Wildman–Crippen LogP) is 3.13. The molecule has 1 N–H and O–H groups in total. The highest BCUT2D eigenvalue weighted by Gasteiger charge is 2.32. The van der Waals surface area contributed by atoms with Gasteiger partial charge in [-0.1, -0.05) is 19.0 Å². The normalized spacial score (nSPS) is 18.2. The molecular weight excluding hydrogens is 348 g/mol. The number of nitrogens with one attached hydrogen (secondary N) is 1. The highest BCUT2D eigenvalue weighted by atomic mass is 79.9. The molecule has 7 nitrogen and oxygen atoms in total. The van der Waals surface area contributed by atoms with Gasteiger partial charge >= 0.3 is 0 Å². The molecule has 0 amide bonds. The molecule has 3 rings (SSSR count). The number of hydrogen-bond acceptors (Lipinski definition) is 7. The van der Waals surface area contributed by atoms with E-state index in [4.69, 9.17) is 4.52 Å². The standard InChI is InChI=1S/C14H19BrN6O/c1-8(2)13-18-12(20-22-13)10-5-4-6-21(10)14-17-7-9(15)11(16-3)19-14/h7-8,10H,4-6H2,1-3H3,(H,16,17,19). The summed E-state index contributed by atoms with van der Waals surface area (Å²) < 4.78 is 6.18. The van der Waals surface area contributed by atoms with Crippen molar-refractivity contribution < 1.29 is 4.52 Å². The van der Waals surface area contributed by atoms with E-state index >= 15 is 0 Å². The molecule has 1 saturated heterocycles. The van der Waals surface area contributed by atoms with Crippen LogP contribution in [0, 0.1) is 0 Å². The van der Waals surface area contributed by atoms with Crippen molar-refractivity contribution in [2.24, 2.45) is 0 Å². The van der Waals surface area contributed by atoms with E-state index in [1.165, 1.54) is 0 Å². The van der Waals surface area contributed by atoms with Crippen molar-refractivity contribution in [2.75, 3.05) is 23.8 Å². The monoisotopic (exact) mass is 366 g/mol. The average molecular weight is 367 g/mol. The Balaban J connectivity index is 1.89. The van der Waals surface area contributed by atoms with Crippen LogP contribution in [-0.4, -0.2) is 33.7 Å². The molecule has 22 heavy (non-hydrogen) atoms. The summed E-state index contributed by atoms with van der Waals surface area (Å²) in [7, 11) is 1.84. The molecular formula is C14H19BrN6O. The summed E-state index contributed by atoms with van der Waals surface area (Å²) in [5.74, 6) is 3.08. The van der Waals surface area contributed by atoms with Crippen LogP contribution in [0.1, 0.15) is 50.4 Å². The van der Waals surface area contributed by atoms with Gasteiger partial charge in [0.15, 0.2) is 5.82 Å². The second-order valence-corrected chi connectivity index (χ2v) is 6.47. The van der Waals surface area contributed by atoms with Crippen LogP contribution in [0.5, 0.6) is 0 Å². The van der Waals surface area contributed by atoms with Crippen LogP contribution in [0.25, 0.3) is 0 Å². The zero-order valence-corrected chi connectivity index (χ0v) is 14.5. The number of halogens is 1. The van der Waals surface area contributed by atoms with Gasteiger partial charge in [0.05, 0.1) is 10.5 Å². The molecule has 1 aliphatic heterocycles. The fourth-order valence-corrected chi connectivity index (χ4v) is 2.95. The summed E-state index contributed by atoms with van der Waals surface area (Å²) in [5.41, 5.74) is 0. The quantitative estimate of drug-likeness (QED) is 0.889. The molecule has 0 saturated carbocycles. The third kappa shape index (κ3) is 2.79. The zero-order chi connectivity index (χ0) is 15.7. The van der Waals surface area contributed by atoms with E-state index in [2.05, 4.69) is 46.3 Å². The van der Waals surface area contributed by atoms with Crippen LogP contribution in [0.15, 0.2) is 15.2 Å². The van der Waals surface area contributed by atoms with E-state index in [0.717, 1.165) is 35.5 Å². The summed E-state index contributed by atoms with van der Waals surface area (Å²) in [6.07, 6.45) is 3.80. The Morgan fingerprint density at radius 3 is 2.91 bits per heavy atom. The molecule has 0 aliphatic carbocycles. The first-order chi connectivity index (χ1) is 10.6. The molecule has 0 spiro atoms. The highest BCUT2D eigenvalue weighted by molar-refractivity contribution is 9.10. The van der Waals surface area contributed by atoms with Crippen molar-refractivity contribution in [2.45, 2.75) is 38.6 Å². The van der Waals surface area contributed by atoms with Gasteiger partial charge in [-0.25, -0.2) is 4.98 Å². The molecule has 2 aromatic heterocycles. The largest absolute Gasteiger partial charge is 0.372 e. The lowest BCUT2D eigenvalue weighted by atomic mass is 10.2. The van der Waals surface area contributed by atoms with Gasteiger partial charge in [0.25, 0.3) is 0 Å². The van der Waals surface area contributed by atoms with Crippen molar-refractivity contribution in [1.29, 1.82) is 0 Å². The minimum Gasteiger partial charge on any atom is -0.372 e. The minimum atomic E-state index is 0.0714. The highest BCUT2D eigenvalue weighted by Crippen LogP contribution is 2.34. The smallest absolute Gasteiger partial charge is 0.229 e. The molecule has 8 heteroatoms. The molecule has 1 atom stereocenters. The van der Waals surface area contributed by atoms with Gasteiger partial charge in [-0.15, -0.1) is 0 Å². The Kier molecular flexibility index (Phi) is 4.28. The summed E-state index contributed by atoms with van der Waals surface area (Å²) in [6.45, 7) is 4.97. The van der Waals surface area contributed by atoms with E-state index < -0.39 is 0 Å². The summed E-state index contributed by atoms with van der Waals surface area (Å²) in [6, 6.07) is 0.0714. The zero-order valence-electron chi connectivity index (χ0n) is 12.9. The van der Waals surface area contributed by atoms with Gasteiger partial charge in [0.1, 0.15) is 5.82 Å². The second-order valence-electron chi connectivity index (χ2n) is 5.61. The molecule has 2 aromatic rings. The van der Waals surface area contributed by atoms with Crippen LogP contribution in [-0.2, 0) is 0 Å². The number of anilines is 2. The van der Waals surface area contributed by atoms with E-state index in [-0.39, 0.29) is 12.0 Å². The molecule has 1 fully saturated rings. The first kappa shape index (κ1) is 15.2. The number of aromatic nitrogens is 4. The van der Waals surface area contributed by atoms with E-state index in [9.17, 15) is 0 Å². The summed E-state index contributed by atoms with van der Waals surface area (Å²) in [5, 5.41) is 7.21. The van der Waals surface area contributed by atoms with Crippen LogP contribution < -0.4 is 10.2 Å². The lowest BCUT2D eigenvalue weighted by Gasteiger charge is -2.22. The van der Waals surface area contributed by atoms with E-state index in [1.54, 1.807) is 6.20 Å². The second kappa shape index (κ2) is 6.20. The molecule has 3 heterocycles. The Morgan fingerprint density at radius 1 is 1.41 bits per heavy atom. The average Bonchev–Trinajstić information content (AvgIpc) is 3.16. The van der Waals surface area contributed by atoms with Crippen molar-refractivity contribution in [3.63, 3.8) is 0 Å².